The first-order valence-electron chi connectivity index (χ1n) is 26.3. The molecule has 7 nitrogen and oxygen atoms in total. The molecule has 0 aliphatic carbocycles. The van der Waals surface area contributed by atoms with Crippen LogP contribution in [0.2, 0.25) is 0 Å². The summed E-state index contributed by atoms with van der Waals surface area (Å²) in [5, 5.41) is 25.8. The number of rotatable bonds is 6. The topological polar surface area (TPSA) is 96.1 Å². The normalized spacial score (nSPS) is 12.4. The summed E-state index contributed by atoms with van der Waals surface area (Å²) in [6.45, 7) is 27.1. The van der Waals surface area contributed by atoms with Gasteiger partial charge in [0.05, 0.1) is 45.3 Å². The fourth-order valence-electron chi connectivity index (χ4n) is 10.6. The van der Waals surface area contributed by atoms with Gasteiger partial charge in [0.2, 0.25) is 0 Å². The monoisotopic (exact) mass is 990 g/mol. The minimum atomic E-state index is -0.0352. The van der Waals surface area contributed by atoms with Crippen LogP contribution in [-0.4, -0.2) is 24.1 Å². The SMILES string of the molecule is CC(C)(C)c1ccc2c(c1)c1cc(C(C)(C)C)ccc1n2-c1ccc(-c2nc(-c3ccccc3)nc(-c3ccc(-n4c5ccc(C(C)(C)C)cc5c5cc(C(C)(C)C)ccc54)cc3-c3ccc(C#N)cc3)n2)c(C#N)c1. The van der Waals surface area contributed by atoms with Crippen molar-refractivity contribution in [2.45, 2.75) is 105 Å². The Morgan fingerprint density at radius 1 is 0.342 bits per heavy atom. The van der Waals surface area contributed by atoms with Crippen molar-refractivity contribution in [2.75, 3.05) is 0 Å². The standard InChI is InChI=1S/C69H63N7/c1-66(2,3)46-22-30-59-55(35-46)56-36-47(67(4,5)6)23-31-60(56)75(59)50-26-28-52(45(34-50)41-71)64-72-63(44-16-14-13-15-17-44)73-65(74-64)53-29-27-51(39-54(53)43-20-18-42(40-70)19-21-43)76-61-32-24-48(68(7,8)9)37-57(61)58-38-49(69(10,11)12)25-33-62(58)76/h13-39H,1-12H3. The quantitative estimate of drug-likeness (QED) is 0.165. The second kappa shape index (κ2) is 18.0. The third-order valence-corrected chi connectivity index (χ3v) is 15.1. The van der Waals surface area contributed by atoms with Crippen LogP contribution in [0, 0.1) is 22.7 Å². The molecule has 0 spiro atoms. The Hall–Kier alpha value is -8.65. The molecule has 0 saturated heterocycles. The van der Waals surface area contributed by atoms with E-state index in [0.29, 0.717) is 34.2 Å². The molecule has 0 N–H and O–H groups in total. The van der Waals surface area contributed by atoms with Crippen LogP contribution in [0.15, 0.2) is 164 Å². The molecule has 11 rings (SSSR count). The molecule has 0 fully saturated rings. The fraction of sp³-hybridized carbons (Fsp3) is 0.232. The smallest absolute Gasteiger partial charge is 0.165 e. The Bertz CT molecular complexity index is 4060. The third-order valence-electron chi connectivity index (χ3n) is 15.1. The summed E-state index contributed by atoms with van der Waals surface area (Å²) in [5.41, 5.74) is 16.2. The molecule has 3 heterocycles. The molecule has 3 aromatic heterocycles. The van der Waals surface area contributed by atoms with Crippen LogP contribution >= 0.6 is 0 Å². The second-order valence-corrected chi connectivity index (χ2v) is 24.5. The minimum absolute atomic E-state index is 0.0352. The molecule has 8 aromatic carbocycles. The predicted molar refractivity (Wildman–Crippen MR) is 314 cm³/mol. The summed E-state index contributed by atoms with van der Waals surface area (Å²) >= 11 is 0. The predicted octanol–water partition coefficient (Wildman–Crippen LogP) is 17.7. The van der Waals surface area contributed by atoms with E-state index in [1.54, 1.807) is 0 Å². The van der Waals surface area contributed by atoms with Crippen molar-refractivity contribution in [3.63, 3.8) is 0 Å². The molecule has 0 radical (unpaired) electrons. The Labute approximate surface area is 446 Å². The molecule has 0 amide bonds. The zero-order valence-corrected chi connectivity index (χ0v) is 45.7. The lowest BCUT2D eigenvalue weighted by atomic mass is 9.85. The van der Waals surface area contributed by atoms with Gasteiger partial charge in [0.25, 0.3) is 0 Å². The van der Waals surface area contributed by atoms with E-state index in [9.17, 15) is 10.5 Å². The lowest BCUT2D eigenvalue weighted by molar-refractivity contribution is 0.590. The first-order chi connectivity index (χ1) is 36.1. The first kappa shape index (κ1) is 49.6. The summed E-state index contributed by atoms with van der Waals surface area (Å²) in [7, 11) is 0. The fourth-order valence-corrected chi connectivity index (χ4v) is 10.6. The van der Waals surface area contributed by atoms with Gasteiger partial charge in [-0.3, -0.25) is 0 Å². The molecule has 7 heteroatoms. The highest BCUT2D eigenvalue weighted by Crippen LogP contribution is 2.42. The highest BCUT2D eigenvalue weighted by Gasteiger charge is 2.25. The van der Waals surface area contributed by atoms with E-state index in [1.807, 2.05) is 66.7 Å². The Morgan fingerprint density at radius 3 is 1.14 bits per heavy atom. The van der Waals surface area contributed by atoms with E-state index in [1.165, 1.54) is 43.8 Å². The van der Waals surface area contributed by atoms with Gasteiger partial charge in [-0.25, -0.2) is 15.0 Å². The second-order valence-electron chi connectivity index (χ2n) is 24.5. The molecule has 0 atom stereocenters. The van der Waals surface area contributed by atoms with Gasteiger partial charge in [-0.1, -0.05) is 150 Å². The van der Waals surface area contributed by atoms with Crippen molar-refractivity contribution in [2.24, 2.45) is 0 Å². The average Bonchev–Trinajstić information content (AvgIpc) is 3.97. The van der Waals surface area contributed by atoms with Gasteiger partial charge >= 0.3 is 0 Å². The van der Waals surface area contributed by atoms with Gasteiger partial charge in [0.15, 0.2) is 17.5 Å². The van der Waals surface area contributed by atoms with Crippen LogP contribution in [0.25, 0.3) is 100 Å². The van der Waals surface area contributed by atoms with Crippen molar-refractivity contribution in [1.82, 2.24) is 24.1 Å². The van der Waals surface area contributed by atoms with Crippen LogP contribution in [-0.2, 0) is 21.7 Å². The molecule has 0 saturated carbocycles. The van der Waals surface area contributed by atoms with Gasteiger partial charge < -0.3 is 9.13 Å². The van der Waals surface area contributed by atoms with Crippen molar-refractivity contribution < 1.29 is 0 Å². The lowest BCUT2D eigenvalue weighted by Crippen LogP contribution is -2.10. The largest absolute Gasteiger partial charge is 0.309 e. The summed E-state index contributed by atoms with van der Waals surface area (Å²) in [6, 6.07) is 62.3. The molecule has 374 valence electrons. The molecule has 0 aliphatic heterocycles. The third kappa shape index (κ3) is 8.80. The Balaban J connectivity index is 1.12. The Kier molecular flexibility index (Phi) is 11.8. The molecule has 11 aromatic rings. The Morgan fingerprint density at radius 2 is 0.737 bits per heavy atom. The van der Waals surface area contributed by atoms with Crippen molar-refractivity contribution in [3.8, 4) is 68.8 Å². The van der Waals surface area contributed by atoms with E-state index >= 15 is 0 Å². The maximum atomic E-state index is 11.1. The van der Waals surface area contributed by atoms with Gasteiger partial charge in [-0.05, 0) is 152 Å². The van der Waals surface area contributed by atoms with Gasteiger partial charge in [0, 0.05) is 49.6 Å². The van der Waals surface area contributed by atoms with Gasteiger partial charge in [-0.2, -0.15) is 10.5 Å². The number of benzene rings is 8. The maximum Gasteiger partial charge on any atom is 0.165 e. The molecule has 0 aliphatic rings. The molecule has 76 heavy (non-hydrogen) atoms. The van der Waals surface area contributed by atoms with E-state index in [0.717, 1.165) is 55.7 Å². The van der Waals surface area contributed by atoms with E-state index in [2.05, 4.69) is 201 Å². The van der Waals surface area contributed by atoms with Crippen LogP contribution in [0.1, 0.15) is 116 Å². The van der Waals surface area contributed by atoms with Crippen LogP contribution in [0.4, 0.5) is 0 Å². The van der Waals surface area contributed by atoms with Crippen LogP contribution in [0.3, 0.4) is 0 Å². The average molecular weight is 990 g/mol. The lowest BCUT2D eigenvalue weighted by Gasteiger charge is -2.19. The number of aromatic nitrogens is 5. The summed E-state index contributed by atoms with van der Waals surface area (Å²) in [5.74, 6) is 1.34. The number of nitriles is 2. The number of fused-ring (bicyclic) bond motifs is 6. The van der Waals surface area contributed by atoms with E-state index < -0.39 is 0 Å². The van der Waals surface area contributed by atoms with E-state index in [4.69, 9.17) is 15.0 Å². The molecule has 0 bridgehead atoms. The number of hydrogen-bond donors (Lipinski definition) is 0. The highest BCUT2D eigenvalue weighted by molar-refractivity contribution is 6.11. The van der Waals surface area contributed by atoms with E-state index in [-0.39, 0.29) is 21.7 Å². The summed E-state index contributed by atoms with van der Waals surface area (Å²) in [6.07, 6.45) is 0. The summed E-state index contributed by atoms with van der Waals surface area (Å²) in [4.78, 5) is 15.7. The zero-order valence-electron chi connectivity index (χ0n) is 45.7. The number of hydrogen-bond acceptors (Lipinski definition) is 5. The molecular weight excluding hydrogens is 927 g/mol. The number of nitrogens with zero attached hydrogens (tertiary/aromatic N) is 7. The van der Waals surface area contributed by atoms with Crippen molar-refractivity contribution in [3.05, 3.63) is 197 Å². The molecule has 0 unspecified atom stereocenters. The molecular formula is C69H63N7. The highest BCUT2D eigenvalue weighted by atomic mass is 15.0. The zero-order chi connectivity index (χ0) is 53.6. The van der Waals surface area contributed by atoms with Crippen molar-refractivity contribution >= 4 is 43.6 Å². The maximum absolute atomic E-state index is 11.1. The first-order valence-corrected chi connectivity index (χ1v) is 26.3. The van der Waals surface area contributed by atoms with Crippen molar-refractivity contribution in [1.29, 1.82) is 10.5 Å². The summed E-state index contributed by atoms with van der Waals surface area (Å²) < 4.78 is 4.64. The van der Waals surface area contributed by atoms with Crippen LogP contribution < -0.4 is 0 Å². The minimum Gasteiger partial charge on any atom is -0.309 e. The van der Waals surface area contributed by atoms with Crippen LogP contribution in [0.5, 0.6) is 0 Å². The van der Waals surface area contributed by atoms with Gasteiger partial charge in [0.1, 0.15) is 0 Å². The van der Waals surface area contributed by atoms with Gasteiger partial charge in [-0.15, -0.1) is 0 Å².